The zero-order valence-electron chi connectivity index (χ0n) is 4.47. The van der Waals surface area contributed by atoms with Gasteiger partial charge in [0.1, 0.15) is 0 Å². The molecule has 0 aliphatic rings. The van der Waals surface area contributed by atoms with Gasteiger partial charge in [-0.05, 0) is 33.5 Å². The minimum Gasteiger partial charge on any atom is -0.198 e. The molecule has 0 spiro atoms. The molecule has 1 aromatic rings. The van der Waals surface area contributed by atoms with E-state index in [1.807, 2.05) is 12.1 Å². The van der Waals surface area contributed by atoms with Crippen LogP contribution in [0.4, 0.5) is 0 Å². The molecule has 0 radical (unpaired) electrons. The molecular weight excluding hydrogens is 200 g/mol. The molecule has 9 heavy (non-hydrogen) atoms. The Balaban J connectivity index is 2.76. The summed E-state index contributed by atoms with van der Waals surface area (Å²) in [6.07, 6.45) is 0.405. The molecule has 1 aromatic heterocycles. The molecule has 2 nitrogen and oxygen atoms in total. The molecule has 46 valence electrons. The highest BCUT2D eigenvalue weighted by molar-refractivity contribution is 9.11. The molecule has 0 atom stereocenters. The van der Waals surface area contributed by atoms with Crippen molar-refractivity contribution in [3.05, 3.63) is 15.5 Å². The summed E-state index contributed by atoms with van der Waals surface area (Å²) in [6, 6.07) is 3.88. The average Bonchev–Trinajstić information content (AvgIpc) is 2.17. The summed E-state index contributed by atoms with van der Waals surface area (Å²) in [5.74, 6) is 0. The van der Waals surface area contributed by atoms with E-state index in [2.05, 4.69) is 20.3 Å². The van der Waals surface area contributed by atoms with Gasteiger partial charge in [-0.1, -0.05) is 0 Å². The van der Waals surface area contributed by atoms with E-state index in [1.165, 1.54) is 11.5 Å². The highest BCUT2D eigenvalue weighted by Crippen LogP contribution is 2.16. The van der Waals surface area contributed by atoms with Crippen LogP contribution in [0.2, 0.25) is 0 Å². The molecular formula is C5H3BrN2S. The maximum atomic E-state index is 8.23. The van der Waals surface area contributed by atoms with Crippen molar-refractivity contribution in [2.24, 2.45) is 0 Å². The first-order chi connectivity index (χ1) is 4.33. The van der Waals surface area contributed by atoms with Gasteiger partial charge in [0.15, 0.2) is 0 Å². The Morgan fingerprint density at radius 1 is 1.89 bits per heavy atom. The number of aromatic nitrogens is 1. The van der Waals surface area contributed by atoms with Gasteiger partial charge in [0.2, 0.25) is 0 Å². The predicted molar refractivity (Wildman–Crippen MR) is 39.1 cm³/mol. The quantitative estimate of drug-likeness (QED) is 0.699. The summed E-state index contributed by atoms with van der Waals surface area (Å²) in [6.45, 7) is 0. The highest BCUT2D eigenvalue weighted by atomic mass is 79.9. The summed E-state index contributed by atoms with van der Waals surface area (Å²) in [4.78, 5) is 0. The fraction of sp³-hybridized carbons (Fsp3) is 0.200. The van der Waals surface area contributed by atoms with Crippen LogP contribution in [-0.4, -0.2) is 4.37 Å². The monoisotopic (exact) mass is 202 g/mol. The van der Waals surface area contributed by atoms with Crippen molar-refractivity contribution < 1.29 is 0 Å². The van der Waals surface area contributed by atoms with Crippen LogP contribution >= 0.6 is 27.5 Å². The third kappa shape index (κ3) is 1.77. The van der Waals surface area contributed by atoms with Gasteiger partial charge in [0, 0.05) is 0 Å². The van der Waals surface area contributed by atoms with E-state index in [0.717, 1.165) is 9.48 Å². The molecule has 1 rings (SSSR count). The first kappa shape index (κ1) is 6.72. The Morgan fingerprint density at radius 3 is 3.11 bits per heavy atom. The third-order valence-corrected chi connectivity index (χ3v) is 2.07. The van der Waals surface area contributed by atoms with E-state index in [-0.39, 0.29) is 0 Å². The Bertz CT molecular complexity index is 237. The minimum atomic E-state index is 0.405. The largest absolute Gasteiger partial charge is 0.198 e. The zero-order valence-corrected chi connectivity index (χ0v) is 6.87. The SMILES string of the molecule is N#CCc1cc(Br)sn1. The van der Waals surface area contributed by atoms with Crippen LogP contribution in [0.25, 0.3) is 0 Å². The lowest BCUT2D eigenvalue weighted by Crippen LogP contribution is -1.75. The Hall–Kier alpha value is -0.400. The summed E-state index contributed by atoms with van der Waals surface area (Å²) in [5, 5.41) is 8.23. The molecule has 0 bridgehead atoms. The Kier molecular flexibility index (Phi) is 2.20. The molecule has 0 N–H and O–H groups in total. The molecule has 0 unspecified atom stereocenters. The van der Waals surface area contributed by atoms with Gasteiger partial charge in [-0.3, -0.25) is 0 Å². The lowest BCUT2D eigenvalue weighted by molar-refractivity contribution is 1.19. The lowest BCUT2D eigenvalue weighted by atomic mass is 10.3. The molecule has 4 heteroatoms. The van der Waals surface area contributed by atoms with E-state index in [0.29, 0.717) is 6.42 Å². The van der Waals surface area contributed by atoms with Crippen molar-refractivity contribution >= 4 is 27.5 Å². The number of nitrogens with zero attached hydrogens (tertiary/aromatic N) is 2. The molecule has 1 heterocycles. The average molecular weight is 203 g/mol. The number of halogens is 1. The molecule has 0 saturated carbocycles. The minimum absolute atomic E-state index is 0.405. The van der Waals surface area contributed by atoms with Gasteiger partial charge < -0.3 is 0 Å². The van der Waals surface area contributed by atoms with Gasteiger partial charge in [0.05, 0.1) is 22.0 Å². The van der Waals surface area contributed by atoms with E-state index < -0.39 is 0 Å². The molecule has 0 amide bonds. The van der Waals surface area contributed by atoms with Crippen LogP contribution in [0, 0.1) is 11.3 Å². The van der Waals surface area contributed by atoms with Crippen LogP contribution in [0.5, 0.6) is 0 Å². The van der Waals surface area contributed by atoms with Crippen molar-refractivity contribution in [1.82, 2.24) is 4.37 Å². The van der Waals surface area contributed by atoms with Crippen molar-refractivity contribution in [1.29, 1.82) is 5.26 Å². The van der Waals surface area contributed by atoms with Crippen LogP contribution in [0.15, 0.2) is 9.85 Å². The smallest absolute Gasteiger partial charge is 0.0908 e. The number of hydrogen-bond acceptors (Lipinski definition) is 3. The van der Waals surface area contributed by atoms with Crippen molar-refractivity contribution in [2.45, 2.75) is 6.42 Å². The fourth-order valence-electron chi connectivity index (χ4n) is 0.450. The van der Waals surface area contributed by atoms with E-state index >= 15 is 0 Å². The van der Waals surface area contributed by atoms with E-state index in [4.69, 9.17) is 5.26 Å². The summed E-state index contributed by atoms with van der Waals surface area (Å²) < 4.78 is 4.96. The van der Waals surface area contributed by atoms with Crippen molar-refractivity contribution in [3.8, 4) is 6.07 Å². The van der Waals surface area contributed by atoms with Gasteiger partial charge in [-0.15, -0.1) is 0 Å². The normalized spacial score (nSPS) is 8.89. The molecule has 0 aliphatic heterocycles. The lowest BCUT2D eigenvalue weighted by Gasteiger charge is -1.75. The molecule has 0 aliphatic carbocycles. The van der Waals surface area contributed by atoms with Crippen LogP contribution in [-0.2, 0) is 6.42 Å². The standard InChI is InChI=1S/C5H3BrN2S/c6-5-3-4(1-2-7)8-9-5/h3H,1H2. The van der Waals surface area contributed by atoms with Gasteiger partial charge in [-0.2, -0.15) is 9.64 Å². The molecule has 0 fully saturated rings. The van der Waals surface area contributed by atoms with Gasteiger partial charge in [-0.25, -0.2) is 0 Å². The Labute approximate surface area is 65.4 Å². The molecule has 0 saturated heterocycles. The van der Waals surface area contributed by atoms with E-state index in [9.17, 15) is 0 Å². The van der Waals surface area contributed by atoms with Crippen LogP contribution in [0.1, 0.15) is 5.69 Å². The van der Waals surface area contributed by atoms with Gasteiger partial charge >= 0.3 is 0 Å². The number of rotatable bonds is 1. The molecule has 0 aromatic carbocycles. The van der Waals surface area contributed by atoms with E-state index in [1.54, 1.807) is 0 Å². The third-order valence-electron chi connectivity index (χ3n) is 0.790. The first-order valence-electron chi connectivity index (χ1n) is 2.31. The second kappa shape index (κ2) is 2.95. The topological polar surface area (TPSA) is 36.7 Å². The predicted octanol–water partition coefficient (Wildman–Crippen LogP) is 1.97. The number of hydrogen-bond donors (Lipinski definition) is 0. The fourth-order valence-corrected chi connectivity index (χ4v) is 1.44. The highest BCUT2D eigenvalue weighted by Gasteiger charge is 1.95. The second-order valence-corrected chi connectivity index (χ2v) is 3.64. The Morgan fingerprint density at radius 2 is 2.67 bits per heavy atom. The van der Waals surface area contributed by atoms with Crippen molar-refractivity contribution in [3.63, 3.8) is 0 Å². The zero-order chi connectivity index (χ0) is 6.69. The maximum Gasteiger partial charge on any atom is 0.0908 e. The number of nitriles is 1. The maximum absolute atomic E-state index is 8.23. The van der Waals surface area contributed by atoms with Crippen molar-refractivity contribution in [2.75, 3.05) is 0 Å². The summed E-state index contributed by atoms with van der Waals surface area (Å²) in [7, 11) is 0. The first-order valence-corrected chi connectivity index (χ1v) is 3.87. The summed E-state index contributed by atoms with van der Waals surface area (Å²) >= 11 is 4.61. The summed E-state index contributed by atoms with van der Waals surface area (Å²) in [5.41, 5.74) is 0.842. The second-order valence-electron chi connectivity index (χ2n) is 1.46. The van der Waals surface area contributed by atoms with Crippen LogP contribution in [0.3, 0.4) is 0 Å². The van der Waals surface area contributed by atoms with Crippen LogP contribution < -0.4 is 0 Å². The van der Waals surface area contributed by atoms with Gasteiger partial charge in [0.25, 0.3) is 0 Å².